The monoisotopic (exact) mass is 514 g/mol. The molecule has 1 unspecified atom stereocenters. The lowest BCUT2D eigenvalue weighted by molar-refractivity contribution is -0.154. The van der Waals surface area contributed by atoms with E-state index in [0.29, 0.717) is 53.5 Å². The third-order valence-corrected chi connectivity index (χ3v) is 6.64. The Balaban J connectivity index is 1.50. The van der Waals surface area contributed by atoms with E-state index in [1.807, 2.05) is 13.8 Å². The van der Waals surface area contributed by atoms with Gasteiger partial charge in [-0.15, -0.1) is 0 Å². The van der Waals surface area contributed by atoms with E-state index in [2.05, 4.69) is 20.2 Å². The first-order valence-corrected chi connectivity index (χ1v) is 12.1. The number of nitrogens with zero attached hydrogens (tertiary/aromatic N) is 4. The quantitative estimate of drug-likeness (QED) is 0.461. The largest absolute Gasteiger partial charge is 0.454 e. The number of carbonyl (C=O) groups is 2. The number of piperidine rings is 1. The Labute approximate surface area is 213 Å². The minimum atomic E-state index is -0.760. The number of rotatable bonds is 7. The molecule has 3 aromatic rings. The molecule has 9 nitrogen and oxygen atoms in total. The number of ether oxygens (including phenoxy) is 1. The number of amides is 1. The summed E-state index contributed by atoms with van der Waals surface area (Å²) >= 11 is 5.94. The van der Waals surface area contributed by atoms with Crippen molar-refractivity contribution in [2.45, 2.75) is 38.6 Å². The number of esters is 1. The normalized spacial score (nSPS) is 15.2. The van der Waals surface area contributed by atoms with Crippen molar-refractivity contribution in [3.63, 3.8) is 0 Å². The van der Waals surface area contributed by atoms with E-state index in [-0.39, 0.29) is 24.3 Å². The third-order valence-electron chi connectivity index (χ3n) is 6.40. The summed E-state index contributed by atoms with van der Waals surface area (Å²) < 4.78 is 19.9. The molecule has 1 aromatic carbocycles. The fourth-order valence-corrected chi connectivity index (χ4v) is 4.39. The van der Waals surface area contributed by atoms with Crippen molar-refractivity contribution in [1.29, 1.82) is 0 Å². The molecule has 1 aliphatic rings. The Morgan fingerprint density at radius 2 is 2.03 bits per heavy atom. The van der Waals surface area contributed by atoms with E-state index in [0.717, 1.165) is 5.69 Å². The van der Waals surface area contributed by atoms with Crippen molar-refractivity contribution >= 4 is 23.5 Å². The number of H-pyrrole nitrogens is 1. The van der Waals surface area contributed by atoms with Crippen LogP contribution in [-0.2, 0) is 14.3 Å². The summed E-state index contributed by atoms with van der Waals surface area (Å²) in [5, 5.41) is 7.83. The number of nitrogens with one attached hydrogen (secondary N) is 1. The summed E-state index contributed by atoms with van der Waals surface area (Å²) in [6.07, 6.45) is 4.35. The van der Waals surface area contributed by atoms with Gasteiger partial charge in [0.25, 0.3) is 5.91 Å². The van der Waals surface area contributed by atoms with Gasteiger partial charge >= 0.3 is 5.97 Å². The highest BCUT2D eigenvalue weighted by Gasteiger charge is 2.30. The summed E-state index contributed by atoms with van der Waals surface area (Å²) in [7, 11) is 0. The summed E-state index contributed by atoms with van der Waals surface area (Å²) in [5.41, 5.74) is 8.66. The molecule has 1 aliphatic heterocycles. The molecular weight excluding hydrogens is 487 g/mol. The van der Waals surface area contributed by atoms with E-state index in [1.54, 1.807) is 29.3 Å². The molecule has 190 valence electrons. The van der Waals surface area contributed by atoms with E-state index in [4.69, 9.17) is 22.1 Å². The number of hydrogen-bond acceptors (Lipinski definition) is 7. The lowest BCUT2D eigenvalue weighted by Gasteiger charge is -2.32. The fraction of sp³-hybridized carbons (Fsp3) is 0.400. The van der Waals surface area contributed by atoms with Gasteiger partial charge in [0.1, 0.15) is 23.9 Å². The van der Waals surface area contributed by atoms with Crippen molar-refractivity contribution in [1.82, 2.24) is 25.1 Å². The predicted molar refractivity (Wildman–Crippen MR) is 132 cm³/mol. The lowest BCUT2D eigenvalue weighted by atomic mass is 9.88. The van der Waals surface area contributed by atoms with Crippen molar-refractivity contribution in [3.05, 3.63) is 53.3 Å². The van der Waals surface area contributed by atoms with Crippen LogP contribution in [0, 0.1) is 11.7 Å². The fourth-order valence-electron chi connectivity index (χ4n) is 4.24. The van der Waals surface area contributed by atoms with E-state index in [9.17, 15) is 14.0 Å². The molecule has 0 aliphatic carbocycles. The lowest BCUT2D eigenvalue weighted by Crippen LogP contribution is -2.42. The van der Waals surface area contributed by atoms with Crippen LogP contribution in [0.3, 0.4) is 0 Å². The van der Waals surface area contributed by atoms with Gasteiger partial charge in [-0.2, -0.15) is 5.10 Å². The second kappa shape index (κ2) is 11.1. The van der Waals surface area contributed by atoms with Crippen LogP contribution in [0.1, 0.15) is 38.3 Å². The van der Waals surface area contributed by atoms with E-state index >= 15 is 0 Å². The second-order valence-electron chi connectivity index (χ2n) is 9.11. The van der Waals surface area contributed by atoms with Crippen LogP contribution in [0.25, 0.3) is 22.5 Å². The molecule has 0 saturated carbocycles. The number of likely N-dealkylation sites (tertiary alicyclic amines) is 1. The van der Waals surface area contributed by atoms with Crippen LogP contribution in [0.15, 0.2) is 36.8 Å². The van der Waals surface area contributed by atoms with E-state index in [1.165, 1.54) is 12.4 Å². The number of carbonyl (C=O) groups excluding carboxylic acids is 2. The molecule has 1 fully saturated rings. The zero-order chi connectivity index (χ0) is 25.8. The molecule has 1 saturated heterocycles. The Kier molecular flexibility index (Phi) is 7.95. The van der Waals surface area contributed by atoms with Crippen LogP contribution in [-0.4, -0.2) is 62.7 Å². The van der Waals surface area contributed by atoms with Crippen LogP contribution < -0.4 is 5.73 Å². The molecule has 0 bridgehead atoms. The van der Waals surface area contributed by atoms with Gasteiger partial charge in [-0.25, -0.2) is 14.4 Å². The van der Waals surface area contributed by atoms with Crippen LogP contribution >= 0.6 is 11.6 Å². The predicted octanol–water partition coefficient (Wildman–Crippen LogP) is 3.56. The Morgan fingerprint density at radius 3 is 2.67 bits per heavy atom. The zero-order valence-electron chi connectivity index (χ0n) is 20.1. The number of hydrogen-bond donors (Lipinski definition) is 2. The van der Waals surface area contributed by atoms with Crippen LogP contribution in [0.5, 0.6) is 0 Å². The third kappa shape index (κ3) is 5.55. The zero-order valence-corrected chi connectivity index (χ0v) is 20.8. The van der Waals surface area contributed by atoms with Crippen molar-refractivity contribution in [2.24, 2.45) is 11.7 Å². The molecule has 1 amide bonds. The van der Waals surface area contributed by atoms with Crippen LogP contribution in [0.4, 0.5) is 4.39 Å². The molecule has 4 rings (SSSR count). The standard InChI is InChI=1S/C25H28ClFN6O3/c1-14(2)22(28)25(35)36-12-20(34)33-9-6-15(7-10-33)23-21(19-5-8-29-13-30-19)24(32-31-23)17-4-3-16(26)11-18(17)27/h3-5,8,11,13-15,22H,6-7,9-10,12,28H2,1-2H3,(H,31,32). The maximum absolute atomic E-state index is 14.8. The highest BCUT2D eigenvalue weighted by atomic mass is 35.5. The summed E-state index contributed by atoms with van der Waals surface area (Å²) in [6.45, 7) is 4.25. The topological polar surface area (TPSA) is 127 Å². The highest BCUT2D eigenvalue weighted by molar-refractivity contribution is 6.30. The highest BCUT2D eigenvalue weighted by Crippen LogP contribution is 2.40. The SMILES string of the molecule is CC(C)C(N)C(=O)OCC(=O)N1CCC(c2[nH]nc(-c3ccc(Cl)cc3F)c2-c2ccncn2)CC1. The van der Waals surface area contributed by atoms with Crippen molar-refractivity contribution < 1.29 is 18.7 Å². The van der Waals surface area contributed by atoms with Gasteiger partial charge in [0.15, 0.2) is 6.61 Å². The second-order valence-corrected chi connectivity index (χ2v) is 9.55. The number of halogens is 2. The maximum Gasteiger partial charge on any atom is 0.323 e. The molecule has 2 aromatic heterocycles. The van der Waals surface area contributed by atoms with Crippen LogP contribution in [0.2, 0.25) is 5.02 Å². The number of nitrogens with two attached hydrogens (primary N) is 1. The first-order chi connectivity index (χ1) is 17.3. The molecule has 0 radical (unpaired) electrons. The Hall–Kier alpha value is -3.37. The molecular formula is C25H28ClFN6O3. The first kappa shape index (κ1) is 25.7. The van der Waals surface area contributed by atoms with Gasteiger partial charge in [-0.3, -0.25) is 14.7 Å². The number of aromatic nitrogens is 4. The van der Waals surface area contributed by atoms with Crippen molar-refractivity contribution in [2.75, 3.05) is 19.7 Å². The van der Waals surface area contributed by atoms with Gasteiger partial charge in [0, 0.05) is 47.0 Å². The van der Waals surface area contributed by atoms with E-state index < -0.39 is 17.8 Å². The summed E-state index contributed by atoms with van der Waals surface area (Å²) in [5.74, 6) is -1.37. The minimum Gasteiger partial charge on any atom is -0.454 e. The van der Waals surface area contributed by atoms with Crippen molar-refractivity contribution in [3.8, 4) is 22.5 Å². The molecule has 3 heterocycles. The molecule has 36 heavy (non-hydrogen) atoms. The van der Waals surface area contributed by atoms with Gasteiger partial charge in [-0.1, -0.05) is 25.4 Å². The maximum atomic E-state index is 14.8. The molecule has 11 heteroatoms. The Bertz CT molecular complexity index is 1230. The number of aromatic amines is 1. The van der Waals surface area contributed by atoms with Gasteiger partial charge in [-0.05, 0) is 43.0 Å². The van der Waals surface area contributed by atoms with Gasteiger partial charge in [0.2, 0.25) is 0 Å². The molecule has 3 N–H and O–H groups in total. The Morgan fingerprint density at radius 1 is 1.28 bits per heavy atom. The molecule has 0 spiro atoms. The van der Waals surface area contributed by atoms with Gasteiger partial charge < -0.3 is 15.4 Å². The minimum absolute atomic E-state index is 0.0348. The van der Waals surface area contributed by atoms with Gasteiger partial charge in [0.05, 0.1) is 5.69 Å². The smallest absolute Gasteiger partial charge is 0.323 e. The average Bonchev–Trinajstić information content (AvgIpc) is 3.32. The summed E-state index contributed by atoms with van der Waals surface area (Å²) in [4.78, 5) is 34.6. The first-order valence-electron chi connectivity index (χ1n) is 11.8. The number of benzene rings is 1. The summed E-state index contributed by atoms with van der Waals surface area (Å²) in [6, 6.07) is 5.45. The average molecular weight is 515 g/mol. The molecule has 1 atom stereocenters.